The summed E-state index contributed by atoms with van der Waals surface area (Å²) in [5.74, 6) is 1.55. The second-order valence-electron chi connectivity index (χ2n) is 6.92. The molecular formula is C20H21ClN2O2. The summed E-state index contributed by atoms with van der Waals surface area (Å²) < 4.78 is 7.55. The van der Waals surface area contributed by atoms with Gasteiger partial charge in [0, 0.05) is 24.7 Å². The summed E-state index contributed by atoms with van der Waals surface area (Å²) in [7, 11) is 1.78. The zero-order chi connectivity index (χ0) is 17.6. The minimum atomic E-state index is -0.0462. The van der Waals surface area contributed by atoms with Gasteiger partial charge in [-0.15, -0.1) is 0 Å². The number of hydrogen-bond acceptors (Lipinski definition) is 3. The van der Waals surface area contributed by atoms with Crippen LogP contribution < -0.4 is 10.3 Å². The van der Waals surface area contributed by atoms with Crippen molar-refractivity contribution in [1.29, 1.82) is 0 Å². The van der Waals surface area contributed by atoms with Crippen molar-refractivity contribution in [1.82, 2.24) is 9.55 Å². The van der Waals surface area contributed by atoms with Crippen LogP contribution in [0, 0.1) is 12.8 Å². The van der Waals surface area contributed by atoms with Crippen LogP contribution in [-0.4, -0.2) is 16.2 Å². The van der Waals surface area contributed by atoms with Crippen molar-refractivity contribution in [3.8, 4) is 5.75 Å². The van der Waals surface area contributed by atoms with Crippen LogP contribution in [0.1, 0.15) is 31.4 Å². The highest BCUT2D eigenvalue weighted by atomic mass is 35.5. The van der Waals surface area contributed by atoms with E-state index in [1.54, 1.807) is 17.8 Å². The van der Waals surface area contributed by atoms with E-state index in [0.29, 0.717) is 22.8 Å². The zero-order valence-electron chi connectivity index (χ0n) is 14.5. The molecule has 0 spiro atoms. The highest BCUT2D eigenvalue weighted by Gasteiger charge is 2.20. The average molecular weight is 357 g/mol. The Bertz CT molecular complexity index is 1020. The number of rotatable bonds is 5. The van der Waals surface area contributed by atoms with Gasteiger partial charge in [0.1, 0.15) is 5.75 Å². The Labute approximate surface area is 151 Å². The van der Waals surface area contributed by atoms with E-state index >= 15 is 0 Å². The van der Waals surface area contributed by atoms with Gasteiger partial charge in [0.15, 0.2) is 0 Å². The lowest BCUT2D eigenvalue weighted by Gasteiger charge is -2.14. The Morgan fingerprint density at radius 2 is 2.12 bits per heavy atom. The number of benzene rings is 1. The summed E-state index contributed by atoms with van der Waals surface area (Å²) >= 11 is 6.46. The van der Waals surface area contributed by atoms with E-state index in [1.165, 1.54) is 19.3 Å². The molecule has 4 rings (SSSR count). The fourth-order valence-electron chi connectivity index (χ4n) is 3.45. The summed E-state index contributed by atoms with van der Waals surface area (Å²) in [5.41, 5.74) is 1.51. The molecule has 1 saturated carbocycles. The number of ether oxygens (including phenoxy) is 1. The van der Waals surface area contributed by atoms with Crippen molar-refractivity contribution >= 4 is 33.3 Å². The molecule has 1 aliphatic carbocycles. The van der Waals surface area contributed by atoms with Crippen molar-refractivity contribution in [2.75, 3.05) is 6.61 Å². The molecule has 1 aliphatic rings. The minimum Gasteiger partial charge on any atom is -0.492 e. The van der Waals surface area contributed by atoms with Gasteiger partial charge in [-0.3, -0.25) is 9.78 Å². The van der Waals surface area contributed by atoms with Crippen molar-refractivity contribution in [3.05, 3.63) is 45.5 Å². The molecule has 1 fully saturated rings. The van der Waals surface area contributed by atoms with Gasteiger partial charge in [0.05, 0.1) is 28.2 Å². The highest BCUT2D eigenvalue weighted by molar-refractivity contribution is 6.33. The third-order valence-corrected chi connectivity index (χ3v) is 5.37. The number of nitrogens with zero attached hydrogens (tertiary/aromatic N) is 2. The number of aromatic nitrogens is 2. The van der Waals surface area contributed by atoms with Crippen LogP contribution in [-0.2, 0) is 7.05 Å². The van der Waals surface area contributed by atoms with Gasteiger partial charge in [0.25, 0.3) is 5.56 Å². The van der Waals surface area contributed by atoms with Crippen LogP contribution in [0.25, 0.3) is 21.7 Å². The van der Waals surface area contributed by atoms with Crippen LogP contribution in [0.5, 0.6) is 5.75 Å². The second kappa shape index (κ2) is 6.34. The SMILES string of the molecule is Cc1nccc2c1c(=O)n(C)c1cc(OCCCC3CC3)c(Cl)cc21. The number of aryl methyl sites for hydroxylation is 2. The third kappa shape index (κ3) is 2.99. The Kier molecular flexibility index (Phi) is 4.16. The molecular weight excluding hydrogens is 336 g/mol. The Morgan fingerprint density at radius 3 is 2.88 bits per heavy atom. The van der Waals surface area contributed by atoms with Crippen molar-refractivity contribution in [2.45, 2.75) is 32.6 Å². The fraction of sp³-hybridized carbons (Fsp3) is 0.400. The van der Waals surface area contributed by atoms with Gasteiger partial charge in [-0.1, -0.05) is 24.4 Å². The number of halogens is 1. The molecule has 130 valence electrons. The number of hydrogen-bond donors (Lipinski definition) is 0. The lowest BCUT2D eigenvalue weighted by molar-refractivity contribution is 0.304. The van der Waals surface area contributed by atoms with Crippen molar-refractivity contribution in [3.63, 3.8) is 0 Å². The average Bonchev–Trinajstić information content (AvgIpc) is 3.41. The molecule has 0 N–H and O–H groups in total. The lowest BCUT2D eigenvalue weighted by Crippen LogP contribution is -2.18. The van der Waals surface area contributed by atoms with E-state index in [2.05, 4.69) is 4.98 Å². The molecule has 4 nitrogen and oxygen atoms in total. The van der Waals surface area contributed by atoms with Gasteiger partial charge < -0.3 is 9.30 Å². The van der Waals surface area contributed by atoms with Gasteiger partial charge >= 0.3 is 0 Å². The molecule has 3 aromatic rings. The molecule has 0 atom stereocenters. The van der Waals surface area contributed by atoms with E-state index in [4.69, 9.17) is 16.3 Å². The Morgan fingerprint density at radius 1 is 1.32 bits per heavy atom. The van der Waals surface area contributed by atoms with Crippen molar-refractivity contribution in [2.24, 2.45) is 13.0 Å². The van der Waals surface area contributed by atoms with Crippen molar-refractivity contribution < 1.29 is 4.74 Å². The molecule has 2 aromatic heterocycles. The third-order valence-electron chi connectivity index (χ3n) is 5.07. The molecule has 5 heteroatoms. The summed E-state index contributed by atoms with van der Waals surface area (Å²) in [5, 5.41) is 3.05. The fourth-order valence-corrected chi connectivity index (χ4v) is 3.66. The molecule has 1 aromatic carbocycles. The van der Waals surface area contributed by atoms with Crippen LogP contribution in [0.2, 0.25) is 5.02 Å². The molecule has 0 saturated heterocycles. The van der Waals surface area contributed by atoms with Crippen LogP contribution in [0.3, 0.4) is 0 Å². The monoisotopic (exact) mass is 356 g/mol. The van der Waals surface area contributed by atoms with Gasteiger partial charge in [-0.25, -0.2) is 0 Å². The molecule has 0 aliphatic heterocycles. The molecule has 0 amide bonds. The summed E-state index contributed by atoms with van der Waals surface area (Å²) in [6.45, 7) is 2.51. The predicted octanol–water partition coefficient (Wildman–Crippen LogP) is 4.62. The largest absolute Gasteiger partial charge is 0.492 e. The first-order chi connectivity index (χ1) is 12.1. The van der Waals surface area contributed by atoms with E-state index in [9.17, 15) is 4.79 Å². The summed E-state index contributed by atoms with van der Waals surface area (Å²) in [6.07, 6.45) is 6.72. The minimum absolute atomic E-state index is 0.0462. The smallest absolute Gasteiger partial charge is 0.260 e. The maximum atomic E-state index is 12.8. The quantitative estimate of drug-likeness (QED) is 0.495. The zero-order valence-corrected chi connectivity index (χ0v) is 15.3. The molecule has 0 bridgehead atoms. The lowest BCUT2D eigenvalue weighted by atomic mass is 10.1. The normalized spacial score (nSPS) is 14.4. The van der Waals surface area contributed by atoms with Crippen LogP contribution >= 0.6 is 11.6 Å². The highest BCUT2D eigenvalue weighted by Crippen LogP contribution is 2.35. The number of pyridine rings is 2. The molecule has 25 heavy (non-hydrogen) atoms. The number of fused-ring (bicyclic) bond motifs is 3. The Balaban J connectivity index is 1.78. The molecule has 0 unspecified atom stereocenters. The van der Waals surface area contributed by atoms with E-state index in [1.807, 2.05) is 25.1 Å². The Hall–Kier alpha value is -2.07. The second-order valence-corrected chi connectivity index (χ2v) is 7.32. The van der Waals surface area contributed by atoms with Gasteiger partial charge in [-0.2, -0.15) is 0 Å². The first-order valence-corrected chi connectivity index (χ1v) is 9.14. The van der Waals surface area contributed by atoms with Crippen LogP contribution in [0.15, 0.2) is 29.2 Å². The van der Waals surface area contributed by atoms with Gasteiger partial charge in [0.2, 0.25) is 0 Å². The maximum absolute atomic E-state index is 12.8. The predicted molar refractivity (Wildman–Crippen MR) is 102 cm³/mol. The standard InChI is InChI=1S/C20H21ClN2O2/c1-12-19-14(7-8-22-12)15-10-16(21)18(11-17(15)23(2)20(19)24)25-9-3-4-13-5-6-13/h7-8,10-11,13H,3-6,9H2,1-2H3. The van der Waals surface area contributed by atoms with Crippen LogP contribution in [0.4, 0.5) is 0 Å². The van der Waals surface area contributed by atoms with E-state index < -0.39 is 0 Å². The van der Waals surface area contributed by atoms with E-state index in [-0.39, 0.29) is 5.56 Å². The summed E-state index contributed by atoms with van der Waals surface area (Å²) in [6, 6.07) is 5.65. The van der Waals surface area contributed by atoms with Gasteiger partial charge in [-0.05, 0) is 43.2 Å². The molecule has 0 radical (unpaired) electrons. The van der Waals surface area contributed by atoms with E-state index in [0.717, 1.165) is 34.3 Å². The summed E-state index contributed by atoms with van der Waals surface area (Å²) in [4.78, 5) is 17.0. The first-order valence-electron chi connectivity index (χ1n) is 8.76. The topological polar surface area (TPSA) is 44.1 Å². The maximum Gasteiger partial charge on any atom is 0.260 e. The first kappa shape index (κ1) is 16.4. The molecule has 2 heterocycles.